The molecule has 1 aliphatic rings. The van der Waals surface area contributed by atoms with Gasteiger partial charge in [0.05, 0.1) is 13.0 Å². The van der Waals surface area contributed by atoms with E-state index in [1.807, 2.05) is 24.3 Å². The Labute approximate surface area is 149 Å². The third-order valence-electron chi connectivity index (χ3n) is 4.29. The van der Waals surface area contributed by atoms with Crippen LogP contribution in [0.5, 0.6) is 5.75 Å². The molecule has 0 saturated carbocycles. The van der Waals surface area contributed by atoms with Gasteiger partial charge in [0.2, 0.25) is 11.8 Å². The molecule has 2 amide bonds. The van der Waals surface area contributed by atoms with E-state index in [0.29, 0.717) is 19.7 Å². The number of nitrogens with one attached hydrogen (secondary N) is 1. The van der Waals surface area contributed by atoms with Crippen molar-refractivity contribution in [1.82, 2.24) is 5.32 Å². The molecule has 2 rings (SSSR count). The van der Waals surface area contributed by atoms with E-state index in [2.05, 4.69) is 12.2 Å². The molecule has 1 N–H and O–H groups in total. The van der Waals surface area contributed by atoms with Crippen LogP contribution in [0.4, 0.5) is 5.69 Å². The molecular weight excluding hydrogens is 320 g/mol. The number of benzene rings is 1. The second-order valence-corrected chi connectivity index (χ2v) is 6.21. The van der Waals surface area contributed by atoms with E-state index in [-0.39, 0.29) is 24.2 Å². The topological polar surface area (TPSA) is 67.9 Å². The summed E-state index contributed by atoms with van der Waals surface area (Å²) in [5.41, 5.74) is 0.797. The van der Waals surface area contributed by atoms with E-state index >= 15 is 0 Å². The number of nitrogens with zero attached hydrogens (tertiary/aromatic N) is 1. The van der Waals surface area contributed by atoms with Crippen LogP contribution in [0.1, 0.15) is 32.6 Å². The first-order valence-corrected chi connectivity index (χ1v) is 8.95. The number of carbonyl (C=O) groups excluding carboxylic acids is 2. The highest BCUT2D eigenvalue weighted by atomic mass is 16.5. The van der Waals surface area contributed by atoms with Crippen molar-refractivity contribution in [2.24, 2.45) is 5.92 Å². The number of hydrogen-bond acceptors (Lipinski definition) is 4. The summed E-state index contributed by atoms with van der Waals surface area (Å²) >= 11 is 0. The predicted octanol–water partition coefficient (Wildman–Crippen LogP) is 2.37. The highest BCUT2D eigenvalue weighted by Gasteiger charge is 2.34. The number of ether oxygens (including phenoxy) is 2. The minimum Gasteiger partial charge on any atom is -0.497 e. The third kappa shape index (κ3) is 5.74. The SMILES string of the molecule is CCCCOCCCNC(=O)C1CC(=O)N(c2ccc(OC)cc2)C1. The molecule has 1 saturated heterocycles. The Kier molecular flexibility index (Phi) is 7.73. The standard InChI is InChI=1S/C19H28N2O4/c1-3-4-11-25-12-5-10-20-19(23)15-13-18(22)21(14-15)16-6-8-17(24-2)9-7-16/h6-9,15H,3-5,10-14H2,1-2H3,(H,20,23). The molecule has 0 bridgehead atoms. The van der Waals surface area contributed by atoms with Gasteiger partial charge in [0.15, 0.2) is 0 Å². The van der Waals surface area contributed by atoms with Gasteiger partial charge in [0.1, 0.15) is 5.75 Å². The van der Waals surface area contributed by atoms with Crippen LogP contribution in [-0.2, 0) is 14.3 Å². The average molecular weight is 348 g/mol. The van der Waals surface area contributed by atoms with E-state index in [1.54, 1.807) is 12.0 Å². The number of hydrogen-bond donors (Lipinski definition) is 1. The van der Waals surface area contributed by atoms with Crippen molar-refractivity contribution in [3.05, 3.63) is 24.3 Å². The lowest BCUT2D eigenvalue weighted by atomic mass is 10.1. The molecule has 6 heteroatoms. The molecular formula is C19H28N2O4. The quantitative estimate of drug-likeness (QED) is 0.659. The molecule has 0 aromatic heterocycles. The number of methoxy groups -OCH3 is 1. The third-order valence-corrected chi connectivity index (χ3v) is 4.29. The zero-order valence-electron chi connectivity index (χ0n) is 15.1. The van der Waals surface area contributed by atoms with E-state index in [9.17, 15) is 9.59 Å². The number of unbranched alkanes of at least 4 members (excludes halogenated alkanes) is 1. The van der Waals surface area contributed by atoms with Crippen LogP contribution in [-0.4, -0.2) is 45.2 Å². The van der Waals surface area contributed by atoms with Gasteiger partial charge in [-0.25, -0.2) is 0 Å². The first kappa shape index (κ1) is 19.2. The largest absolute Gasteiger partial charge is 0.497 e. The first-order valence-electron chi connectivity index (χ1n) is 8.95. The summed E-state index contributed by atoms with van der Waals surface area (Å²) in [7, 11) is 1.60. The normalized spacial score (nSPS) is 17.0. The van der Waals surface area contributed by atoms with Crippen molar-refractivity contribution in [3.63, 3.8) is 0 Å². The van der Waals surface area contributed by atoms with Gasteiger partial charge in [0.25, 0.3) is 0 Å². The monoisotopic (exact) mass is 348 g/mol. The molecule has 1 aromatic rings. The molecule has 0 aliphatic carbocycles. The van der Waals surface area contributed by atoms with Gasteiger partial charge >= 0.3 is 0 Å². The first-order chi connectivity index (χ1) is 12.2. The maximum atomic E-state index is 12.3. The van der Waals surface area contributed by atoms with Crippen molar-refractivity contribution in [2.75, 3.05) is 38.3 Å². The Morgan fingerprint density at radius 1 is 1.24 bits per heavy atom. The fraction of sp³-hybridized carbons (Fsp3) is 0.579. The Hall–Kier alpha value is -2.08. The van der Waals surface area contributed by atoms with Gasteiger partial charge < -0.3 is 19.7 Å². The predicted molar refractivity (Wildman–Crippen MR) is 96.8 cm³/mol. The van der Waals surface area contributed by atoms with Gasteiger partial charge in [-0.05, 0) is 37.1 Å². The minimum absolute atomic E-state index is 0.0202. The second kappa shape index (κ2) is 10.0. The van der Waals surface area contributed by atoms with E-state index in [0.717, 1.165) is 37.3 Å². The lowest BCUT2D eigenvalue weighted by molar-refractivity contribution is -0.126. The van der Waals surface area contributed by atoms with Crippen LogP contribution in [0.3, 0.4) is 0 Å². The summed E-state index contributed by atoms with van der Waals surface area (Å²) in [5, 5.41) is 2.91. The van der Waals surface area contributed by atoms with Crippen LogP contribution >= 0.6 is 0 Å². The molecule has 1 unspecified atom stereocenters. The minimum atomic E-state index is -0.296. The van der Waals surface area contributed by atoms with E-state index < -0.39 is 0 Å². The molecule has 1 fully saturated rings. The van der Waals surface area contributed by atoms with Crippen molar-refractivity contribution >= 4 is 17.5 Å². The number of carbonyl (C=O) groups is 2. The van der Waals surface area contributed by atoms with Gasteiger partial charge in [0, 0.05) is 38.4 Å². The van der Waals surface area contributed by atoms with E-state index in [4.69, 9.17) is 9.47 Å². The lowest BCUT2D eigenvalue weighted by Crippen LogP contribution is -2.33. The van der Waals surface area contributed by atoms with Crippen molar-refractivity contribution in [3.8, 4) is 5.75 Å². The molecule has 1 heterocycles. The van der Waals surface area contributed by atoms with Crippen molar-refractivity contribution in [1.29, 1.82) is 0 Å². The van der Waals surface area contributed by atoms with Gasteiger partial charge in [-0.1, -0.05) is 13.3 Å². The van der Waals surface area contributed by atoms with E-state index in [1.165, 1.54) is 0 Å². The summed E-state index contributed by atoms with van der Waals surface area (Å²) < 4.78 is 10.6. The fourth-order valence-corrected chi connectivity index (χ4v) is 2.77. The molecule has 1 atom stereocenters. The van der Waals surface area contributed by atoms with Crippen LogP contribution < -0.4 is 15.0 Å². The van der Waals surface area contributed by atoms with Crippen LogP contribution in [0.2, 0.25) is 0 Å². The van der Waals surface area contributed by atoms with Gasteiger partial charge in [-0.3, -0.25) is 9.59 Å². The molecule has 25 heavy (non-hydrogen) atoms. The summed E-state index contributed by atoms with van der Waals surface area (Å²) in [4.78, 5) is 26.1. The van der Waals surface area contributed by atoms with Gasteiger partial charge in [-0.2, -0.15) is 0 Å². The maximum Gasteiger partial charge on any atom is 0.227 e. The van der Waals surface area contributed by atoms with Crippen LogP contribution in [0, 0.1) is 5.92 Å². The second-order valence-electron chi connectivity index (χ2n) is 6.21. The molecule has 1 aromatic carbocycles. The number of amides is 2. The van der Waals surface area contributed by atoms with Crippen molar-refractivity contribution < 1.29 is 19.1 Å². The molecule has 0 spiro atoms. The smallest absolute Gasteiger partial charge is 0.227 e. The fourth-order valence-electron chi connectivity index (χ4n) is 2.77. The average Bonchev–Trinajstić information content (AvgIpc) is 3.02. The summed E-state index contributed by atoms with van der Waals surface area (Å²) in [6, 6.07) is 7.30. The summed E-state index contributed by atoms with van der Waals surface area (Å²) in [6.07, 6.45) is 3.23. The molecule has 138 valence electrons. The summed E-state index contributed by atoms with van der Waals surface area (Å²) in [5.74, 6) is 0.368. The Bertz CT molecular complexity index is 559. The summed E-state index contributed by atoms with van der Waals surface area (Å²) in [6.45, 7) is 4.56. The number of anilines is 1. The zero-order chi connectivity index (χ0) is 18.1. The van der Waals surface area contributed by atoms with Crippen LogP contribution in [0.25, 0.3) is 0 Å². The molecule has 1 aliphatic heterocycles. The zero-order valence-corrected chi connectivity index (χ0v) is 15.1. The highest BCUT2D eigenvalue weighted by molar-refractivity contribution is 6.00. The molecule has 6 nitrogen and oxygen atoms in total. The molecule has 0 radical (unpaired) electrons. The highest BCUT2D eigenvalue weighted by Crippen LogP contribution is 2.26. The Morgan fingerprint density at radius 3 is 2.64 bits per heavy atom. The maximum absolute atomic E-state index is 12.3. The lowest BCUT2D eigenvalue weighted by Gasteiger charge is -2.17. The van der Waals surface area contributed by atoms with Crippen molar-refractivity contribution in [2.45, 2.75) is 32.6 Å². The Balaban J connectivity index is 1.74. The van der Waals surface area contributed by atoms with Gasteiger partial charge in [-0.15, -0.1) is 0 Å². The van der Waals surface area contributed by atoms with Crippen LogP contribution in [0.15, 0.2) is 24.3 Å². The Morgan fingerprint density at radius 2 is 1.96 bits per heavy atom. The number of rotatable bonds is 10.